The summed E-state index contributed by atoms with van der Waals surface area (Å²) in [7, 11) is 0. The topological polar surface area (TPSA) is 43.8 Å². The lowest BCUT2D eigenvalue weighted by Crippen LogP contribution is -2.36. The van der Waals surface area contributed by atoms with Crippen molar-refractivity contribution in [3.8, 4) is 0 Å². The van der Waals surface area contributed by atoms with E-state index >= 15 is 0 Å². The van der Waals surface area contributed by atoms with Crippen LogP contribution in [0.1, 0.15) is 16.8 Å². The molecule has 1 aromatic carbocycles. The first-order valence-corrected chi connectivity index (χ1v) is 8.15. The van der Waals surface area contributed by atoms with Crippen molar-refractivity contribution in [1.29, 1.82) is 0 Å². The van der Waals surface area contributed by atoms with E-state index in [1.54, 1.807) is 12.1 Å². The van der Waals surface area contributed by atoms with Crippen LogP contribution in [0, 0.1) is 3.57 Å². The number of amides is 1. The molecule has 1 aliphatic rings. The Morgan fingerprint density at radius 2 is 2.10 bits per heavy atom. The van der Waals surface area contributed by atoms with Gasteiger partial charge in [-0.1, -0.05) is 11.6 Å². The molecular formula is C14H18ClIN2O2. The molecule has 0 unspecified atom stereocenters. The van der Waals surface area contributed by atoms with Crippen molar-refractivity contribution in [3.63, 3.8) is 0 Å². The normalized spacial score (nSPS) is 17.1. The molecule has 1 aliphatic heterocycles. The maximum Gasteiger partial charge on any atom is 0.255 e. The molecule has 6 heteroatoms. The number of β-amino-alcohol motifs (C(OH)–C–C–N with tert-alkyl or cyclic N) is 1. The predicted molar refractivity (Wildman–Crippen MR) is 88.2 cm³/mol. The first kappa shape index (κ1) is 16.0. The van der Waals surface area contributed by atoms with Gasteiger partial charge >= 0.3 is 0 Å². The lowest BCUT2D eigenvalue weighted by atomic mass is 10.2. The Morgan fingerprint density at radius 3 is 2.85 bits per heavy atom. The van der Waals surface area contributed by atoms with E-state index in [4.69, 9.17) is 16.7 Å². The minimum atomic E-state index is 0.0442. The molecule has 0 radical (unpaired) electrons. The van der Waals surface area contributed by atoms with Gasteiger partial charge in [-0.05, 0) is 53.8 Å². The Bertz CT molecular complexity index is 484. The highest BCUT2D eigenvalue weighted by Gasteiger charge is 2.21. The summed E-state index contributed by atoms with van der Waals surface area (Å²) in [5, 5.41) is 9.58. The molecule has 20 heavy (non-hydrogen) atoms. The summed E-state index contributed by atoms with van der Waals surface area (Å²) in [5.74, 6) is 0.0442. The summed E-state index contributed by atoms with van der Waals surface area (Å²) in [5.41, 5.74) is 0.675. The number of aliphatic hydroxyl groups excluding tert-OH is 1. The fourth-order valence-electron chi connectivity index (χ4n) is 2.37. The van der Waals surface area contributed by atoms with Gasteiger partial charge in [0, 0.05) is 34.8 Å². The van der Waals surface area contributed by atoms with Crippen molar-refractivity contribution in [1.82, 2.24) is 9.80 Å². The third-order valence-corrected chi connectivity index (χ3v) is 4.63. The fraction of sp³-hybridized carbons (Fsp3) is 0.500. The molecule has 0 aromatic heterocycles. The number of aliphatic hydroxyl groups is 1. The van der Waals surface area contributed by atoms with Crippen LogP contribution in [0.3, 0.4) is 0 Å². The second-order valence-electron chi connectivity index (χ2n) is 4.84. The Labute approximate surface area is 137 Å². The molecular weight excluding hydrogens is 391 g/mol. The highest BCUT2D eigenvalue weighted by Crippen LogP contribution is 2.20. The monoisotopic (exact) mass is 408 g/mol. The Kier molecular flexibility index (Phi) is 6.07. The Balaban J connectivity index is 2.07. The quantitative estimate of drug-likeness (QED) is 0.779. The molecule has 0 saturated carbocycles. The second-order valence-corrected chi connectivity index (χ2v) is 6.43. The molecule has 0 bridgehead atoms. The van der Waals surface area contributed by atoms with E-state index in [1.807, 2.05) is 11.0 Å². The SMILES string of the molecule is O=C(c1cc(Cl)ccc1I)N1CCCN(CCO)CC1. The van der Waals surface area contributed by atoms with Crippen LogP contribution in [-0.4, -0.2) is 60.1 Å². The second kappa shape index (κ2) is 7.59. The highest BCUT2D eigenvalue weighted by atomic mass is 127. The molecule has 1 amide bonds. The van der Waals surface area contributed by atoms with Gasteiger partial charge in [0.05, 0.1) is 12.2 Å². The van der Waals surface area contributed by atoms with Gasteiger partial charge in [0.1, 0.15) is 0 Å². The summed E-state index contributed by atoms with van der Waals surface area (Å²) in [6.07, 6.45) is 0.933. The standard InChI is InChI=1S/C14H18ClIN2O2/c15-11-2-3-13(16)12(10-11)14(20)18-5-1-4-17(6-7-18)8-9-19/h2-3,10,19H,1,4-9H2. The van der Waals surface area contributed by atoms with Crippen molar-refractivity contribution >= 4 is 40.1 Å². The predicted octanol–water partition coefficient (Wildman–Crippen LogP) is 2.08. The van der Waals surface area contributed by atoms with Gasteiger partial charge in [-0.15, -0.1) is 0 Å². The molecule has 2 rings (SSSR count). The minimum Gasteiger partial charge on any atom is -0.395 e. The summed E-state index contributed by atoms with van der Waals surface area (Å²) in [6, 6.07) is 5.40. The largest absolute Gasteiger partial charge is 0.395 e. The summed E-state index contributed by atoms with van der Waals surface area (Å²) >= 11 is 8.15. The van der Waals surface area contributed by atoms with E-state index < -0.39 is 0 Å². The Hall–Kier alpha value is -0.370. The van der Waals surface area contributed by atoms with Crippen LogP contribution in [0.2, 0.25) is 5.02 Å². The van der Waals surface area contributed by atoms with Gasteiger partial charge in [0.2, 0.25) is 0 Å². The maximum atomic E-state index is 12.6. The molecule has 0 atom stereocenters. The van der Waals surface area contributed by atoms with E-state index in [9.17, 15) is 4.79 Å². The van der Waals surface area contributed by atoms with Gasteiger partial charge in [-0.25, -0.2) is 0 Å². The number of carbonyl (C=O) groups is 1. The third-order valence-electron chi connectivity index (χ3n) is 3.45. The number of hydrogen-bond donors (Lipinski definition) is 1. The average molecular weight is 409 g/mol. The lowest BCUT2D eigenvalue weighted by Gasteiger charge is -2.22. The first-order chi connectivity index (χ1) is 9.61. The average Bonchev–Trinajstić information content (AvgIpc) is 2.67. The zero-order chi connectivity index (χ0) is 14.5. The number of halogens is 2. The molecule has 1 aromatic rings. The molecule has 1 heterocycles. The lowest BCUT2D eigenvalue weighted by molar-refractivity contribution is 0.0759. The smallest absolute Gasteiger partial charge is 0.255 e. The third kappa shape index (κ3) is 4.07. The number of nitrogens with zero attached hydrogens (tertiary/aromatic N) is 2. The summed E-state index contributed by atoms with van der Waals surface area (Å²) in [6.45, 7) is 4.03. The minimum absolute atomic E-state index is 0.0442. The molecule has 0 aliphatic carbocycles. The summed E-state index contributed by atoms with van der Waals surface area (Å²) in [4.78, 5) is 16.7. The zero-order valence-electron chi connectivity index (χ0n) is 11.2. The van der Waals surface area contributed by atoms with Crippen molar-refractivity contribution in [2.24, 2.45) is 0 Å². The van der Waals surface area contributed by atoms with Gasteiger partial charge in [0.15, 0.2) is 0 Å². The van der Waals surface area contributed by atoms with Crippen molar-refractivity contribution in [2.45, 2.75) is 6.42 Å². The first-order valence-electron chi connectivity index (χ1n) is 6.69. The van der Waals surface area contributed by atoms with Crippen LogP contribution in [0.15, 0.2) is 18.2 Å². The van der Waals surface area contributed by atoms with Crippen LogP contribution in [0.25, 0.3) is 0 Å². The van der Waals surface area contributed by atoms with Crippen LogP contribution in [0.5, 0.6) is 0 Å². The van der Waals surface area contributed by atoms with E-state index in [2.05, 4.69) is 27.5 Å². The number of hydrogen-bond acceptors (Lipinski definition) is 3. The number of carbonyl (C=O) groups excluding carboxylic acids is 1. The number of rotatable bonds is 3. The van der Waals surface area contributed by atoms with E-state index in [-0.39, 0.29) is 12.5 Å². The zero-order valence-corrected chi connectivity index (χ0v) is 14.1. The van der Waals surface area contributed by atoms with E-state index in [0.717, 1.165) is 29.6 Å². The molecule has 4 nitrogen and oxygen atoms in total. The van der Waals surface area contributed by atoms with Gasteiger partial charge < -0.3 is 10.0 Å². The van der Waals surface area contributed by atoms with Crippen molar-refractivity contribution in [2.75, 3.05) is 39.3 Å². The Morgan fingerprint density at radius 1 is 1.30 bits per heavy atom. The van der Waals surface area contributed by atoms with Crippen molar-refractivity contribution in [3.05, 3.63) is 32.4 Å². The van der Waals surface area contributed by atoms with Crippen LogP contribution in [0.4, 0.5) is 0 Å². The summed E-state index contributed by atoms with van der Waals surface area (Å²) < 4.78 is 0.925. The van der Waals surface area contributed by atoms with Crippen LogP contribution in [-0.2, 0) is 0 Å². The van der Waals surface area contributed by atoms with E-state index in [0.29, 0.717) is 23.7 Å². The molecule has 110 valence electrons. The molecule has 0 spiro atoms. The molecule has 1 saturated heterocycles. The maximum absolute atomic E-state index is 12.6. The fourth-order valence-corrected chi connectivity index (χ4v) is 3.11. The molecule has 1 N–H and O–H groups in total. The van der Waals surface area contributed by atoms with Crippen LogP contribution < -0.4 is 0 Å². The van der Waals surface area contributed by atoms with Gasteiger partial charge in [0.25, 0.3) is 5.91 Å². The van der Waals surface area contributed by atoms with Crippen LogP contribution >= 0.6 is 34.2 Å². The molecule has 1 fully saturated rings. The van der Waals surface area contributed by atoms with E-state index in [1.165, 1.54) is 0 Å². The number of benzene rings is 1. The van der Waals surface area contributed by atoms with Gasteiger partial charge in [-0.2, -0.15) is 0 Å². The van der Waals surface area contributed by atoms with Crippen molar-refractivity contribution < 1.29 is 9.90 Å². The van der Waals surface area contributed by atoms with Gasteiger partial charge in [-0.3, -0.25) is 9.69 Å². The highest BCUT2D eigenvalue weighted by molar-refractivity contribution is 14.1.